The summed E-state index contributed by atoms with van der Waals surface area (Å²) in [6.45, 7) is 2.17. The first kappa shape index (κ1) is 20.2. The van der Waals surface area contributed by atoms with Gasteiger partial charge >= 0.3 is 0 Å². The molecule has 0 unspecified atom stereocenters. The number of anilines is 1. The van der Waals surface area contributed by atoms with Gasteiger partial charge in [-0.2, -0.15) is 0 Å². The van der Waals surface area contributed by atoms with E-state index in [1.54, 1.807) is 19.1 Å². The van der Waals surface area contributed by atoms with Crippen LogP contribution in [0.2, 0.25) is 0 Å². The van der Waals surface area contributed by atoms with E-state index in [0.29, 0.717) is 36.4 Å². The van der Waals surface area contributed by atoms with Crippen molar-refractivity contribution in [2.24, 2.45) is 0 Å². The number of benzene rings is 1. The first-order chi connectivity index (χ1) is 13.5. The SMILES string of the molecule is COc1cc2nc(N(CCCN(C)C)C(=O)C3=COCCO3)sc2cc1OC. The van der Waals surface area contributed by atoms with Crippen molar-refractivity contribution in [1.82, 2.24) is 9.88 Å². The Morgan fingerprint density at radius 1 is 1.18 bits per heavy atom. The summed E-state index contributed by atoms with van der Waals surface area (Å²) in [4.78, 5) is 21.4. The highest BCUT2D eigenvalue weighted by atomic mass is 32.1. The molecule has 0 saturated carbocycles. The van der Waals surface area contributed by atoms with Crippen LogP contribution in [-0.2, 0) is 14.3 Å². The molecule has 0 N–H and O–H groups in total. The molecule has 1 amide bonds. The van der Waals surface area contributed by atoms with Crippen LogP contribution in [0.3, 0.4) is 0 Å². The number of methoxy groups -OCH3 is 2. The molecule has 152 valence electrons. The van der Waals surface area contributed by atoms with Gasteiger partial charge in [0.25, 0.3) is 5.91 Å². The summed E-state index contributed by atoms with van der Waals surface area (Å²) in [5.74, 6) is 1.17. The van der Waals surface area contributed by atoms with E-state index >= 15 is 0 Å². The number of carbonyl (C=O) groups excluding carboxylic acids is 1. The van der Waals surface area contributed by atoms with Crippen molar-refractivity contribution in [3.63, 3.8) is 0 Å². The van der Waals surface area contributed by atoms with Crippen LogP contribution >= 0.6 is 11.3 Å². The quantitative estimate of drug-likeness (QED) is 0.666. The molecule has 1 aromatic carbocycles. The fraction of sp³-hybridized carbons (Fsp3) is 0.474. The third-order valence-corrected chi connectivity index (χ3v) is 5.25. The number of hydrogen-bond donors (Lipinski definition) is 0. The summed E-state index contributed by atoms with van der Waals surface area (Å²) in [7, 11) is 7.18. The van der Waals surface area contributed by atoms with Crippen LogP contribution in [0.5, 0.6) is 11.5 Å². The molecule has 2 aromatic rings. The van der Waals surface area contributed by atoms with Gasteiger partial charge < -0.3 is 23.8 Å². The van der Waals surface area contributed by atoms with Crippen molar-refractivity contribution in [2.75, 3.05) is 59.5 Å². The molecule has 9 heteroatoms. The number of rotatable bonds is 8. The Morgan fingerprint density at radius 2 is 1.93 bits per heavy atom. The lowest BCUT2D eigenvalue weighted by Gasteiger charge is -2.23. The van der Waals surface area contributed by atoms with E-state index < -0.39 is 0 Å². The van der Waals surface area contributed by atoms with Crippen molar-refractivity contribution in [3.05, 3.63) is 24.2 Å². The van der Waals surface area contributed by atoms with E-state index in [2.05, 4.69) is 9.88 Å². The highest BCUT2D eigenvalue weighted by Gasteiger charge is 2.26. The van der Waals surface area contributed by atoms with Crippen molar-refractivity contribution >= 4 is 32.6 Å². The second kappa shape index (κ2) is 9.11. The van der Waals surface area contributed by atoms with Crippen molar-refractivity contribution in [1.29, 1.82) is 0 Å². The molecule has 28 heavy (non-hydrogen) atoms. The number of nitrogens with zero attached hydrogens (tertiary/aromatic N) is 3. The Kier molecular flexibility index (Phi) is 6.58. The average molecular weight is 407 g/mol. The third-order valence-electron chi connectivity index (χ3n) is 4.21. The van der Waals surface area contributed by atoms with Gasteiger partial charge in [-0.05, 0) is 27.1 Å². The highest BCUT2D eigenvalue weighted by Crippen LogP contribution is 2.37. The molecule has 0 saturated heterocycles. The normalized spacial score (nSPS) is 13.7. The Balaban J connectivity index is 1.93. The van der Waals surface area contributed by atoms with Crippen LogP contribution in [0.15, 0.2) is 24.2 Å². The summed E-state index contributed by atoms with van der Waals surface area (Å²) in [6.07, 6.45) is 2.18. The molecule has 1 aliphatic rings. The maximum atomic E-state index is 13.1. The van der Waals surface area contributed by atoms with Gasteiger partial charge in [0.1, 0.15) is 19.5 Å². The highest BCUT2D eigenvalue weighted by molar-refractivity contribution is 7.22. The lowest BCUT2D eigenvalue weighted by molar-refractivity contribution is -0.119. The molecular weight excluding hydrogens is 382 g/mol. The maximum Gasteiger partial charge on any atom is 0.298 e. The minimum Gasteiger partial charge on any atom is -0.494 e. The van der Waals surface area contributed by atoms with E-state index in [0.717, 1.165) is 23.2 Å². The minimum absolute atomic E-state index is 0.200. The van der Waals surface area contributed by atoms with Crippen LogP contribution in [0.4, 0.5) is 5.13 Å². The monoisotopic (exact) mass is 407 g/mol. The number of ether oxygens (including phenoxy) is 4. The van der Waals surface area contributed by atoms with E-state index in [9.17, 15) is 4.79 Å². The van der Waals surface area contributed by atoms with Gasteiger partial charge in [0.05, 0.1) is 24.4 Å². The molecule has 0 radical (unpaired) electrons. The standard InChI is InChI=1S/C19H25N3O5S/c1-21(2)6-5-7-22(18(23)16-12-26-8-9-27-16)19-20-13-10-14(24-3)15(25-4)11-17(13)28-19/h10-12H,5-9H2,1-4H3. The number of thiazole rings is 1. The molecular formula is C19H25N3O5S. The largest absolute Gasteiger partial charge is 0.494 e. The number of carbonyl (C=O) groups is 1. The van der Waals surface area contributed by atoms with Crippen molar-refractivity contribution in [2.45, 2.75) is 6.42 Å². The molecule has 0 spiro atoms. The molecule has 0 aliphatic carbocycles. The van der Waals surface area contributed by atoms with E-state index in [4.69, 9.17) is 18.9 Å². The molecule has 0 atom stereocenters. The fourth-order valence-corrected chi connectivity index (χ4v) is 3.80. The molecule has 0 bridgehead atoms. The first-order valence-corrected chi connectivity index (χ1v) is 9.79. The van der Waals surface area contributed by atoms with Gasteiger partial charge in [0, 0.05) is 18.7 Å². The summed E-state index contributed by atoms with van der Waals surface area (Å²) in [5, 5.41) is 0.601. The molecule has 3 rings (SSSR count). The molecule has 2 heterocycles. The first-order valence-electron chi connectivity index (χ1n) is 8.97. The molecule has 1 aliphatic heterocycles. The van der Waals surface area contributed by atoms with Crippen LogP contribution in [0.1, 0.15) is 6.42 Å². The van der Waals surface area contributed by atoms with Gasteiger partial charge in [0.2, 0.25) is 5.76 Å². The van der Waals surface area contributed by atoms with Crippen LogP contribution < -0.4 is 14.4 Å². The second-order valence-electron chi connectivity index (χ2n) is 6.49. The number of hydrogen-bond acceptors (Lipinski definition) is 8. The number of aromatic nitrogens is 1. The van der Waals surface area contributed by atoms with E-state index in [1.165, 1.54) is 17.6 Å². The maximum absolute atomic E-state index is 13.1. The van der Waals surface area contributed by atoms with E-state index in [1.807, 2.05) is 26.2 Å². The average Bonchev–Trinajstić information content (AvgIpc) is 3.12. The van der Waals surface area contributed by atoms with Gasteiger partial charge in [-0.3, -0.25) is 9.69 Å². The molecule has 0 fully saturated rings. The number of amides is 1. The zero-order valence-electron chi connectivity index (χ0n) is 16.6. The minimum atomic E-state index is -0.253. The third kappa shape index (κ3) is 4.48. The smallest absolute Gasteiger partial charge is 0.298 e. The Bertz CT molecular complexity index is 824. The Hall–Kier alpha value is -2.52. The van der Waals surface area contributed by atoms with Crippen molar-refractivity contribution < 1.29 is 23.7 Å². The van der Waals surface area contributed by atoms with E-state index in [-0.39, 0.29) is 11.7 Å². The predicted molar refractivity (Wildman–Crippen MR) is 108 cm³/mol. The summed E-state index contributed by atoms with van der Waals surface area (Å²) >= 11 is 1.43. The number of fused-ring (bicyclic) bond motifs is 1. The lowest BCUT2D eigenvalue weighted by Crippen LogP contribution is -2.36. The lowest BCUT2D eigenvalue weighted by atomic mass is 10.3. The van der Waals surface area contributed by atoms with Gasteiger partial charge in [-0.1, -0.05) is 11.3 Å². The summed E-state index contributed by atoms with van der Waals surface area (Å²) < 4.78 is 22.4. The van der Waals surface area contributed by atoms with Crippen LogP contribution in [0, 0.1) is 0 Å². The molecule has 1 aromatic heterocycles. The van der Waals surface area contributed by atoms with Crippen LogP contribution in [0.25, 0.3) is 10.2 Å². The fourth-order valence-electron chi connectivity index (χ4n) is 2.80. The predicted octanol–water partition coefficient (Wildman–Crippen LogP) is 2.49. The summed E-state index contributed by atoms with van der Waals surface area (Å²) in [5.41, 5.74) is 0.748. The zero-order chi connectivity index (χ0) is 20.1. The van der Waals surface area contributed by atoms with Gasteiger partial charge in [-0.15, -0.1) is 0 Å². The van der Waals surface area contributed by atoms with Gasteiger partial charge in [0.15, 0.2) is 16.6 Å². The van der Waals surface area contributed by atoms with Gasteiger partial charge in [-0.25, -0.2) is 4.98 Å². The Morgan fingerprint density at radius 3 is 2.57 bits per heavy atom. The molecule has 8 nitrogen and oxygen atoms in total. The zero-order valence-corrected chi connectivity index (χ0v) is 17.4. The van der Waals surface area contributed by atoms with Crippen LogP contribution in [-0.4, -0.2) is 70.4 Å². The van der Waals surface area contributed by atoms with Crippen molar-refractivity contribution in [3.8, 4) is 11.5 Å². The second-order valence-corrected chi connectivity index (χ2v) is 7.50. The summed E-state index contributed by atoms with van der Waals surface area (Å²) in [6, 6.07) is 3.69. The topological polar surface area (TPSA) is 73.4 Å². The Labute approximate surface area is 168 Å².